The predicted molar refractivity (Wildman–Crippen MR) is 93.2 cm³/mol. The van der Waals surface area contributed by atoms with Crippen LogP contribution in [0.5, 0.6) is 0 Å². The third kappa shape index (κ3) is 4.18. The van der Waals surface area contributed by atoms with E-state index in [4.69, 9.17) is 18.0 Å². The first-order chi connectivity index (χ1) is 9.89. The molecule has 0 atom stereocenters. The molecule has 0 radical (unpaired) electrons. The Labute approximate surface area is 135 Å². The Kier molecular flexibility index (Phi) is 7.11. The highest BCUT2D eigenvalue weighted by Crippen LogP contribution is 2.35. The van der Waals surface area contributed by atoms with E-state index in [1.165, 1.54) is 12.8 Å². The molecule has 3 nitrogen and oxygen atoms in total. The summed E-state index contributed by atoms with van der Waals surface area (Å²) in [7, 11) is 1.95. The molecular weight excluding hydrogens is 280 g/mol. The van der Waals surface area contributed by atoms with Crippen molar-refractivity contribution < 1.29 is 4.79 Å². The molecule has 0 saturated heterocycles. The summed E-state index contributed by atoms with van der Waals surface area (Å²) in [4.78, 5) is 15.5. The van der Waals surface area contributed by atoms with Gasteiger partial charge in [-0.2, -0.15) is 0 Å². The van der Waals surface area contributed by atoms with Crippen LogP contribution in [0.2, 0.25) is 0 Å². The van der Waals surface area contributed by atoms with E-state index in [-0.39, 0.29) is 5.91 Å². The van der Waals surface area contributed by atoms with Crippen LogP contribution in [0.3, 0.4) is 0 Å². The minimum atomic E-state index is -0.628. The summed E-state index contributed by atoms with van der Waals surface area (Å²) in [5, 5.41) is 0. The van der Waals surface area contributed by atoms with E-state index in [1.807, 2.05) is 11.9 Å². The molecule has 122 valence electrons. The van der Waals surface area contributed by atoms with Gasteiger partial charge in [-0.1, -0.05) is 45.8 Å². The van der Waals surface area contributed by atoms with E-state index in [0.717, 1.165) is 44.4 Å². The van der Waals surface area contributed by atoms with Gasteiger partial charge in [0.25, 0.3) is 0 Å². The predicted octanol–water partition coefficient (Wildman–Crippen LogP) is 3.90. The fraction of sp³-hybridized carbons (Fsp3) is 0.882. The Morgan fingerprint density at radius 1 is 1.19 bits per heavy atom. The van der Waals surface area contributed by atoms with Gasteiger partial charge in [-0.3, -0.25) is 4.79 Å². The van der Waals surface area contributed by atoms with Gasteiger partial charge in [0, 0.05) is 13.1 Å². The van der Waals surface area contributed by atoms with E-state index in [1.54, 1.807) is 0 Å². The van der Waals surface area contributed by atoms with Crippen LogP contribution >= 0.6 is 12.2 Å². The van der Waals surface area contributed by atoms with Gasteiger partial charge in [0.2, 0.25) is 5.91 Å². The minimum absolute atomic E-state index is 0.151. The Balaban J connectivity index is 2.90. The molecule has 0 aliphatic heterocycles. The number of carbonyl (C=O) groups is 1. The second-order valence-electron chi connectivity index (χ2n) is 6.78. The van der Waals surface area contributed by atoms with Crippen LogP contribution in [0.25, 0.3) is 0 Å². The maximum absolute atomic E-state index is 13.1. The number of thiocarbonyl (C=S) groups is 1. The lowest BCUT2D eigenvalue weighted by atomic mass is 9.76. The van der Waals surface area contributed by atoms with Crippen molar-refractivity contribution in [2.75, 3.05) is 7.05 Å². The zero-order valence-electron chi connectivity index (χ0n) is 14.2. The second kappa shape index (κ2) is 8.11. The minimum Gasteiger partial charge on any atom is -0.392 e. The summed E-state index contributed by atoms with van der Waals surface area (Å²) in [5.74, 6) is 0.939. The molecule has 1 fully saturated rings. The van der Waals surface area contributed by atoms with Crippen LogP contribution in [0.15, 0.2) is 0 Å². The van der Waals surface area contributed by atoms with Crippen molar-refractivity contribution in [3.8, 4) is 0 Å². The molecule has 0 spiro atoms. The third-order valence-corrected chi connectivity index (χ3v) is 5.48. The number of hydrogen-bond donors (Lipinski definition) is 1. The molecule has 1 aliphatic carbocycles. The monoisotopic (exact) mass is 312 g/mol. The van der Waals surface area contributed by atoms with Gasteiger partial charge >= 0.3 is 0 Å². The molecule has 0 aromatic carbocycles. The van der Waals surface area contributed by atoms with Crippen LogP contribution in [-0.4, -0.2) is 28.9 Å². The molecule has 4 heteroatoms. The standard InChI is InChI=1S/C17H32N2OS/c1-5-11-17(12-6-2,15(18)21)16(20)19(4)14-9-7-13(3)8-10-14/h13-14H,5-12H2,1-4H3,(H2,18,21). The Morgan fingerprint density at radius 2 is 1.67 bits per heavy atom. The molecule has 21 heavy (non-hydrogen) atoms. The van der Waals surface area contributed by atoms with Crippen molar-refractivity contribution in [1.29, 1.82) is 0 Å². The first kappa shape index (κ1) is 18.4. The summed E-state index contributed by atoms with van der Waals surface area (Å²) in [5.41, 5.74) is 5.39. The van der Waals surface area contributed by atoms with E-state index in [9.17, 15) is 4.79 Å². The SMILES string of the molecule is CCCC(CCC)(C(=O)N(C)C1CCC(C)CC1)C(N)=S. The largest absolute Gasteiger partial charge is 0.392 e. The summed E-state index contributed by atoms with van der Waals surface area (Å²) >= 11 is 5.31. The Bertz CT molecular complexity index is 356. The van der Waals surface area contributed by atoms with Crippen molar-refractivity contribution >= 4 is 23.1 Å². The highest BCUT2D eigenvalue weighted by molar-refractivity contribution is 7.80. The highest BCUT2D eigenvalue weighted by atomic mass is 32.1. The lowest BCUT2D eigenvalue weighted by molar-refractivity contribution is -0.140. The average molecular weight is 313 g/mol. The van der Waals surface area contributed by atoms with Crippen molar-refractivity contribution in [2.45, 2.75) is 78.2 Å². The molecule has 0 bridgehead atoms. The highest BCUT2D eigenvalue weighted by Gasteiger charge is 2.43. The van der Waals surface area contributed by atoms with Gasteiger partial charge < -0.3 is 10.6 Å². The molecule has 0 aromatic heterocycles. The summed E-state index contributed by atoms with van der Waals surface area (Å²) in [6.07, 6.45) is 8.03. The number of hydrogen-bond acceptors (Lipinski definition) is 2. The lowest BCUT2D eigenvalue weighted by Gasteiger charge is -2.40. The average Bonchev–Trinajstić information content (AvgIpc) is 2.46. The molecule has 0 unspecified atom stereocenters. The summed E-state index contributed by atoms with van der Waals surface area (Å²) in [6.45, 7) is 6.49. The van der Waals surface area contributed by atoms with Gasteiger partial charge in [-0.05, 0) is 44.4 Å². The molecule has 1 rings (SSSR count). The van der Waals surface area contributed by atoms with E-state index in [0.29, 0.717) is 11.0 Å². The fourth-order valence-electron chi connectivity index (χ4n) is 3.68. The molecule has 1 aliphatic rings. The number of carbonyl (C=O) groups excluding carboxylic acids is 1. The Morgan fingerprint density at radius 3 is 2.05 bits per heavy atom. The van der Waals surface area contributed by atoms with Crippen LogP contribution in [-0.2, 0) is 4.79 Å². The normalized spacial score (nSPS) is 22.9. The number of nitrogens with two attached hydrogens (primary N) is 1. The first-order valence-electron chi connectivity index (χ1n) is 8.46. The molecule has 2 N–H and O–H groups in total. The van der Waals surface area contributed by atoms with Gasteiger partial charge in [-0.15, -0.1) is 0 Å². The van der Waals surface area contributed by atoms with Crippen molar-refractivity contribution in [3.05, 3.63) is 0 Å². The van der Waals surface area contributed by atoms with Crippen LogP contribution in [0.4, 0.5) is 0 Å². The van der Waals surface area contributed by atoms with Crippen LogP contribution < -0.4 is 5.73 Å². The van der Waals surface area contributed by atoms with Gasteiger partial charge in [0.15, 0.2) is 0 Å². The molecule has 0 heterocycles. The topological polar surface area (TPSA) is 46.3 Å². The molecule has 1 amide bonds. The molecule has 0 aromatic rings. The van der Waals surface area contributed by atoms with Crippen molar-refractivity contribution in [3.63, 3.8) is 0 Å². The van der Waals surface area contributed by atoms with Gasteiger partial charge in [0.1, 0.15) is 0 Å². The zero-order valence-corrected chi connectivity index (χ0v) is 15.0. The summed E-state index contributed by atoms with van der Waals surface area (Å²) in [6, 6.07) is 0.358. The van der Waals surface area contributed by atoms with E-state index < -0.39 is 5.41 Å². The van der Waals surface area contributed by atoms with Crippen LogP contribution in [0.1, 0.15) is 72.1 Å². The van der Waals surface area contributed by atoms with E-state index >= 15 is 0 Å². The maximum Gasteiger partial charge on any atom is 0.235 e. The molecular formula is C17H32N2OS. The zero-order chi connectivity index (χ0) is 16.0. The smallest absolute Gasteiger partial charge is 0.235 e. The Hall–Kier alpha value is -0.640. The first-order valence-corrected chi connectivity index (χ1v) is 8.87. The third-order valence-electron chi connectivity index (χ3n) is 5.09. The second-order valence-corrected chi connectivity index (χ2v) is 7.22. The maximum atomic E-state index is 13.1. The fourth-order valence-corrected chi connectivity index (χ4v) is 3.97. The van der Waals surface area contributed by atoms with E-state index in [2.05, 4.69) is 20.8 Å². The van der Waals surface area contributed by atoms with Crippen LogP contribution in [0, 0.1) is 11.3 Å². The quantitative estimate of drug-likeness (QED) is 0.725. The van der Waals surface area contributed by atoms with Crippen molar-refractivity contribution in [1.82, 2.24) is 4.90 Å². The van der Waals surface area contributed by atoms with Gasteiger partial charge in [-0.25, -0.2) is 0 Å². The summed E-state index contributed by atoms with van der Waals surface area (Å²) < 4.78 is 0. The van der Waals surface area contributed by atoms with Crippen molar-refractivity contribution in [2.24, 2.45) is 17.1 Å². The number of amides is 1. The lowest BCUT2D eigenvalue weighted by Crippen LogP contribution is -2.52. The van der Waals surface area contributed by atoms with Gasteiger partial charge in [0.05, 0.1) is 10.4 Å². The molecule has 1 saturated carbocycles. The number of rotatable bonds is 7. The number of nitrogens with zero attached hydrogens (tertiary/aromatic N) is 1.